The second kappa shape index (κ2) is 10.0. The van der Waals surface area contributed by atoms with Crippen LogP contribution < -0.4 is 5.32 Å². The average molecular weight is 443 g/mol. The van der Waals surface area contributed by atoms with Gasteiger partial charge >= 0.3 is 0 Å². The average Bonchev–Trinajstić information content (AvgIpc) is 2.85. The lowest BCUT2D eigenvalue weighted by Crippen LogP contribution is -2.62. The van der Waals surface area contributed by atoms with E-state index in [-0.39, 0.29) is 24.4 Å². The molecule has 0 saturated carbocycles. The zero-order chi connectivity index (χ0) is 23.3. The summed E-state index contributed by atoms with van der Waals surface area (Å²) < 4.78 is 6.23. The van der Waals surface area contributed by atoms with E-state index in [0.29, 0.717) is 25.1 Å². The molecule has 1 aliphatic rings. The molecule has 1 atom stereocenters. The van der Waals surface area contributed by atoms with E-state index >= 15 is 0 Å². The van der Waals surface area contributed by atoms with E-state index in [9.17, 15) is 9.59 Å². The molecule has 0 unspecified atom stereocenters. The van der Waals surface area contributed by atoms with E-state index in [0.717, 1.165) is 16.7 Å². The predicted octanol–water partition coefficient (Wildman–Crippen LogP) is 4.33. The molecule has 0 aliphatic carbocycles. The van der Waals surface area contributed by atoms with Crippen molar-refractivity contribution in [2.75, 3.05) is 19.7 Å². The number of benzene rings is 3. The molecule has 5 nitrogen and oxygen atoms in total. The van der Waals surface area contributed by atoms with Crippen LogP contribution in [0.5, 0.6) is 0 Å². The van der Waals surface area contributed by atoms with E-state index in [4.69, 9.17) is 4.74 Å². The molecule has 3 aromatic carbocycles. The van der Waals surface area contributed by atoms with Gasteiger partial charge in [0.2, 0.25) is 0 Å². The Morgan fingerprint density at radius 3 is 2.27 bits per heavy atom. The van der Waals surface area contributed by atoms with E-state index in [1.807, 2.05) is 68.4 Å². The normalized spacial score (nSPS) is 18.2. The fraction of sp³-hybridized carbons (Fsp3) is 0.286. The smallest absolute Gasteiger partial charge is 0.254 e. The number of carbonyl (C=O) groups is 2. The number of nitrogens with one attached hydrogen (secondary N) is 1. The van der Waals surface area contributed by atoms with Crippen molar-refractivity contribution in [2.45, 2.75) is 31.9 Å². The lowest BCUT2D eigenvalue weighted by Gasteiger charge is -2.42. The minimum atomic E-state index is -1.17. The summed E-state index contributed by atoms with van der Waals surface area (Å²) in [6.07, 6.45) is 0.370. The van der Waals surface area contributed by atoms with Gasteiger partial charge in [0.1, 0.15) is 0 Å². The molecule has 170 valence electrons. The molecule has 2 amide bonds. The van der Waals surface area contributed by atoms with Gasteiger partial charge in [-0.15, -0.1) is 0 Å². The number of carbonyl (C=O) groups excluding carboxylic acids is 2. The Kier molecular flexibility index (Phi) is 6.90. The Morgan fingerprint density at radius 1 is 0.939 bits per heavy atom. The first kappa shape index (κ1) is 22.7. The number of rotatable bonds is 6. The quantitative estimate of drug-likeness (QED) is 0.618. The highest BCUT2D eigenvalue weighted by molar-refractivity contribution is 5.95. The summed E-state index contributed by atoms with van der Waals surface area (Å²) in [5.41, 5.74) is 2.60. The number of hydrogen-bond acceptors (Lipinski definition) is 3. The molecule has 1 saturated heterocycles. The highest BCUT2D eigenvalue weighted by atomic mass is 16.5. The minimum absolute atomic E-state index is 0.0393. The predicted molar refractivity (Wildman–Crippen MR) is 130 cm³/mol. The van der Waals surface area contributed by atoms with Gasteiger partial charge in [0.05, 0.1) is 13.2 Å². The third-order valence-electron chi connectivity index (χ3n) is 5.91. The van der Waals surface area contributed by atoms with Crippen molar-refractivity contribution in [1.29, 1.82) is 0 Å². The number of morpholine rings is 1. The van der Waals surface area contributed by atoms with Crippen molar-refractivity contribution >= 4 is 11.8 Å². The number of amides is 2. The maximum atomic E-state index is 13.5. The topological polar surface area (TPSA) is 58.6 Å². The van der Waals surface area contributed by atoms with Gasteiger partial charge in [0.15, 0.2) is 5.60 Å². The first-order valence-electron chi connectivity index (χ1n) is 11.4. The van der Waals surface area contributed by atoms with Crippen LogP contribution in [0.3, 0.4) is 0 Å². The lowest BCUT2D eigenvalue weighted by atomic mass is 9.87. The molecule has 1 aliphatic heterocycles. The first-order valence-corrected chi connectivity index (χ1v) is 11.4. The van der Waals surface area contributed by atoms with Gasteiger partial charge in [0, 0.05) is 24.6 Å². The van der Waals surface area contributed by atoms with Crippen molar-refractivity contribution < 1.29 is 14.3 Å². The van der Waals surface area contributed by atoms with Gasteiger partial charge in [-0.1, -0.05) is 72.8 Å². The Morgan fingerprint density at radius 2 is 1.58 bits per heavy atom. The van der Waals surface area contributed by atoms with Crippen molar-refractivity contribution in [1.82, 2.24) is 10.2 Å². The Bertz CT molecular complexity index is 1100. The van der Waals surface area contributed by atoms with Crippen LogP contribution in [-0.2, 0) is 16.0 Å². The Labute approximate surface area is 195 Å². The van der Waals surface area contributed by atoms with Crippen molar-refractivity contribution in [2.24, 2.45) is 0 Å². The lowest BCUT2D eigenvalue weighted by molar-refractivity contribution is -0.157. The maximum Gasteiger partial charge on any atom is 0.254 e. The number of nitrogens with zero attached hydrogens (tertiary/aromatic N) is 1. The molecular weight excluding hydrogens is 412 g/mol. The molecule has 33 heavy (non-hydrogen) atoms. The summed E-state index contributed by atoms with van der Waals surface area (Å²) in [7, 11) is 0. The molecule has 1 heterocycles. The molecule has 5 heteroatoms. The van der Waals surface area contributed by atoms with Crippen molar-refractivity contribution in [3.05, 3.63) is 96.1 Å². The van der Waals surface area contributed by atoms with E-state index < -0.39 is 5.60 Å². The molecule has 4 rings (SSSR count). The second-order valence-corrected chi connectivity index (χ2v) is 8.76. The summed E-state index contributed by atoms with van der Waals surface area (Å²) in [4.78, 5) is 28.5. The summed E-state index contributed by atoms with van der Waals surface area (Å²) in [5.74, 6) is -0.275. The van der Waals surface area contributed by atoms with Crippen LogP contribution in [0.15, 0.2) is 84.9 Å². The first-order chi connectivity index (χ1) is 16.0. The number of ether oxygens (including phenoxy) is 1. The largest absolute Gasteiger partial charge is 0.361 e. The van der Waals surface area contributed by atoms with Gasteiger partial charge in [-0.25, -0.2) is 0 Å². The number of hydrogen-bond donors (Lipinski definition) is 1. The van der Waals surface area contributed by atoms with Gasteiger partial charge in [-0.3, -0.25) is 9.59 Å². The zero-order valence-electron chi connectivity index (χ0n) is 19.2. The summed E-state index contributed by atoms with van der Waals surface area (Å²) in [6, 6.07) is 27.4. The van der Waals surface area contributed by atoms with Gasteiger partial charge in [0.25, 0.3) is 11.8 Å². The van der Waals surface area contributed by atoms with E-state index in [2.05, 4.69) is 23.5 Å². The van der Waals surface area contributed by atoms with E-state index in [1.165, 1.54) is 0 Å². The van der Waals surface area contributed by atoms with Gasteiger partial charge in [-0.05, 0) is 42.7 Å². The third-order valence-corrected chi connectivity index (χ3v) is 5.91. The molecule has 3 aromatic rings. The molecule has 1 N–H and O–H groups in total. The Hall–Kier alpha value is -3.44. The van der Waals surface area contributed by atoms with Crippen LogP contribution in [0.2, 0.25) is 0 Å². The highest BCUT2D eigenvalue weighted by Gasteiger charge is 2.45. The summed E-state index contributed by atoms with van der Waals surface area (Å²) in [6.45, 7) is 4.81. The van der Waals surface area contributed by atoms with Gasteiger partial charge in [-0.2, -0.15) is 0 Å². The standard InChI is InChI=1S/C28H30N2O3/c1-21(2)29-27(32)28(19-24-15-9-10-16-25(24)22-11-5-3-6-12-22)20-30(17-18-33-28)26(31)23-13-7-4-8-14-23/h3-16,21H,17-20H2,1-2H3,(H,29,32)/t28-/m0/s1. The summed E-state index contributed by atoms with van der Waals surface area (Å²) >= 11 is 0. The van der Waals surface area contributed by atoms with Crippen LogP contribution in [0.25, 0.3) is 11.1 Å². The minimum Gasteiger partial charge on any atom is -0.361 e. The monoisotopic (exact) mass is 442 g/mol. The fourth-order valence-corrected chi connectivity index (χ4v) is 4.32. The zero-order valence-corrected chi connectivity index (χ0v) is 19.2. The van der Waals surface area contributed by atoms with Crippen LogP contribution in [0.4, 0.5) is 0 Å². The molecule has 0 aromatic heterocycles. The highest BCUT2D eigenvalue weighted by Crippen LogP contribution is 2.31. The van der Waals surface area contributed by atoms with Crippen molar-refractivity contribution in [3.8, 4) is 11.1 Å². The van der Waals surface area contributed by atoms with Crippen LogP contribution in [0.1, 0.15) is 29.8 Å². The SMILES string of the molecule is CC(C)NC(=O)[C@]1(Cc2ccccc2-c2ccccc2)CN(C(=O)c2ccccc2)CCO1. The van der Waals surface area contributed by atoms with Crippen molar-refractivity contribution in [3.63, 3.8) is 0 Å². The summed E-state index contributed by atoms with van der Waals surface area (Å²) in [5, 5.41) is 3.03. The molecule has 0 radical (unpaired) electrons. The van der Waals surface area contributed by atoms with Crippen LogP contribution >= 0.6 is 0 Å². The van der Waals surface area contributed by atoms with Crippen LogP contribution in [0, 0.1) is 0 Å². The molecule has 1 fully saturated rings. The maximum absolute atomic E-state index is 13.5. The third kappa shape index (κ3) is 5.15. The molecule has 0 spiro atoms. The Balaban J connectivity index is 1.69. The second-order valence-electron chi connectivity index (χ2n) is 8.76. The molecule has 0 bridgehead atoms. The molecular formula is C28H30N2O3. The fourth-order valence-electron chi connectivity index (χ4n) is 4.32. The van der Waals surface area contributed by atoms with Crippen LogP contribution in [-0.4, -0.2) is 48.1 Å². The van der Waals surface area contributed by atoms with E-state index in [1.54, 1.807) is 17.0 Å². The van der Waals surface area contributed by atoms with Gasteiger partial charge < -0.3 is 15.0 Å².